The third kappa shape index (κ3) is 5.94. The predicted octanol–water partition coefficient (Wildman–Crippen LogP) is 6.14. The summed E-state index contributed by atoms with van der Waals surface area (Å²) in [6, 6.07) is 8.08. The average Bonchev–Trinajstić information content (AvgIpc) is 2.42. The first-order chi connectivity index (χ1) is 9.40. The smallest absolute Gasteiger partial charge is 0.0334 e. The Kier molecular flexibility index (Phi) is 7.04. The lowest BCUT2D eigenvalue weighted by Crippen LogP contribution is -1.83. The van der Waals surface area contributed by atoms with E-state index in [-0.39, 0.29) is 0 Å². The number of thiol groups is 2. The first kappa shape index (κ1) is 17.0. The summed E-state index contributed by atoms with van der Waals surface area (Å²) in [6.07, 6.45) is 6.60. The minimum Gasteiger partial charge on any atom is -0.135 e. The van der Waals surface area contributed by atoms with Gasteiger partial charge in [-0.1, -0.05) is 54.6 Å². The van der Waals surface area contributed by atoms with E-state index in [1.54, 1.807) is 6.08 Å². The lowest BCUT2D eigenvalue weighted by Gasteiger charge is -2.06. The quantitative estimate of drug-likeness (QED) is 0.363. The average molecular weight is 323 g/mol. The molecule has 0 spiro atoms. The van der Waals surface area contributed by atoms with Crippen LogP contribution >= 0.6 is 32.6 Å². The monoisotopic (exact) mass is 322 g/mol. The third-order valence-corrected chi connectivity index (χ3v) is 4.34. The molecule has 0 N–H and O–H groups in total. The zero-order valence-corrected chi connectivity index (χ0v) is 14.1. The van der Waals surface area contributed by atoms with Crippen molar-refractivity contribution in [3.8, 4) is 5.69 Å². The van der Waals surface area contributed by atoms with Gasteiger partial charge in [0.15, 0.2) is 0 Å². The number of benzene rings is 1. The summed E-state index contributed by atoms with van der Waals surface area (Å²) in [7, 11) is -0.869. The maximum atomic E-state index is 5.83. The molecular formula is C17H19ClS2. The van der Waals surface area contributed by atoms with Crippen LogP contribution in [0.5, 0.6) is 0 Å². The van der Waals surface area contributed by atoms with Crippen molar-refractivity contribution in [1.82, 2.24) is 0 Å². The van der Waals surface area contributed by atoms with Crippen LogP contribution in [0.25, 0.3) is 5.57 Å². The van der Waals surface area contributed by atoms with Gasteiger partial charge in [-0.15, -0.1) is 26.7 Å². The van der Waals surface area contributed by atoms with Crippen LogP contribution in [0.2, 0.25) is 0 Å². The highest BCUT2D eigenvalue weighted by atomic mass is 35.5. The van der Waals surface area contributed by atoms with Gasteiger partial charge in [-0.05, 0) is 42.7 Å². The van der Waals surface area contributed by atoms with Crippen LogP contribution < -0.4 is 0 Å². The van der Waals surface area contributed by atoms with E-state index < -0.39 is 9.33 Å². The van der Waals surface area contributed by atoms with Crippen LogP contribution in [0, 0.1) is 5.69 Å². The lowest BCUT2D eigenvalue weighted by atomic mass is 10.0. The fraction of sp³-hybridized carbons (Fsp3) is 0.118. The topological polar surface area (TPSA) is 0 Å². The molecular weight excluding hydrogens is 304 g/mol. The number of allylic oxidation sites excluding steroid dienone is 6. The van der Waals surface area contributed by atoms with Crippen LogP contribution in [0.1, 0.15) is 18.9 Å². The summed E-state index contributed by atoms with van der Waals surface area (Å²) in [5.74, 6) is 0. The van der Waals surface area contributed by atoms with E-state index in [2.05, 4.69) is 37.0 Å². The Bertz CT molecular complexity index is 642. The Morgan fingerprint density at radius 1 is 1.40 bits per heavy atom. The van der Waals surface area contributed by atoms with E-state index in [9.17, 15) is 0 Å². The Balaban J connectivity index is 2.77. The summed E-state index contributed by atoms with van der Waals surface area (Å²) >= 11 is 9.99. The number of halogens is 1. The molecule has 0 aliphatic rings. The Morgan fingerprint density at radius 3 is 2.70 bits per heavy atom. The van der Waals surface area contributed by atoms with Crippen molar-refractivity contribution < 1.29 is 0 Å². The summed E-state index contributed by atoms with van der Waals surface area (Å²) in [4.78, 5) is 1.06. The van der Waals surface area contributed by atoms with Crippen molar-refractivity contribution in [2.75, 3.05) is 0 Å². The van der Waals surface area contributed by atoms with Gasteiger partial charge < -0.3 is 0 Å². The second-order valence-electron chi connectivity index (χ2n) is 4.43. The highest BCUT2D eigenvalue weighted by Gasteiger charge is 1.99. The minimum atomic E-state index is -0.869. The molecule has 106 valence electrons. The molecule has 1 unspecified atom stereocenters. The second-order valence-corrected chi connectivity index (χ2v) is 7.41. The molecule has 3 heteroatoms. The maximum Gasteiger partial charge on any atom is 0.0334 e. The molecule has 0 heterocycles. The SMILES string of the molecule is C#[SH](S)c1cccc(C(=C)C/C=C(C)\C=C/C(=C)Cl)c1. The van der Waals surface area contributed by atoms with Crippen molar-refractivity contribution in [3.63, 3.8) is 0 Å². The first-order valence-electron chi connectivity index (χ1n) is 6.11. The Labute approximate surface area is 133 Å². The van der Waals surface area contributed by atoms with Crippen LogP contribution in [0.3, 0.4) is 0 Å². The van der Waals surface area contributed by atoms with Gasteiger partial charge in [0.05, 0.1) is 0 Å². The van der Waals surface area contributed by atoms with Gasteiger partial charge >= 0.3 is 0 Å². The van der Waals surface area contributed by atoms with E-state index in [1.807, 2.05) is 31.2 Å². The van der Waals surface area contributed by atoms with Crippen molar-refractivity contribution >= 4 is 38.2 Å². The molecule has 1 atom stereocenters. The third-order valence-electron chi connectivity index (χ3n) is 2.72. The molecule has 0 aromatic heterocycles. The van der Waals surface area contributed by atoms with Gasteiger partial charge in [0.2, 0.25) is 0 Å². The summed E-state index contributed by atoms with van der Waals surface area (Å²) in [5, 5.41) is 0.523. The molecule has 0 saturated carbocycles. The molecule has 0 amide bonds. The number of hydrogen-bond acceptors (Lipinski definition) is 1. The molecule has 0 saturated heterocycles. The molecule has 0 aliphatic heterocycles. The number of hydrogen-bond donors (Lipinski definition) is 2. The van der Waals surface area contributed by atoms with Gasteiger partial charge in [0.25, 0.3) is 0 Å². The minimum absolute atomic E-state index is 0.523. The highest BCUT2D eigenvalue weighted by molar-refractivity contribution is 8.72. The molecule has 0 fully saturated rings. The van der Waals surface area contributed by atoms with Crippen molar-refractivity contribution in [1.29, 1.82) is 0 Å². The summed E-state index contributed by atoms with van der Waals surface area (Å²) in [6.45, 7) is 9.76. The van der Waals surface area contributed by atoms with E-state index in [0.717, 1.165) is 28.0 Å². The Hall–Kier alpha value is -1.05. The summed E-state index contributed by atoms with van der Waals surface area (Å²) < 4.78 is 0. The van der Waals surface area contributed by atoms with E-state index in [0.29, 0.717) is 5.03 Å². The van der Waals surface area contributed by atoms with Gasteiger partial charge in [-0.3, -0.25) is 0 Å². The van der Waals surface area contributed by atoms with Crippen LogP contribution in [0.15, 0.2) is 71.2 Å². The van der Waals surface area contributed by atoms with Gasteiger partial charge in [0, 0.05) is 9.93 Å². The zero-order valence-electron chi connectivity index (χ0n) is 11.5. The predicted molar refractivity (Wildman–Crippen MR) is 99.2 cm³/mol. The van der Waals surface area contributed by atoms with E-state index >= 15 is 0 Å². The second kappa shape index (κ2) is 8.28. The molecule has 1 aromatic carbocycles. The van der Waals surface area contributed by atoms with E-state index in [1.165, 1.54) is 0 Å². The van der Waals surface area contributed by atoms with Gasteiger partial charge in [0.1, 0.15) is 0 Å². The van der Waals surface area contributed by atoms with Crippen LogP contribution in [0.4, 0.5) is 0 Å². The fourth-order valence-electron chi connectivity index (χ4n) is 1.56. The van der Waals surface area contributed by atoms with Crippen molar-refractivity contribution in [2.24, 2.45) is 0 Å². The van der Waals surface area contributed by atoms with Crippen LogP contribution in [-0.2, 0) is 0 Å². The van der Waals surface area contributed by atoms with E-state index in [4.69, 9.17) is 17.3 Å². The first-order valence-corrected chi connectivity index (χ1v) is 9.05. The van der Waals surface area contributed by atoms with Crippen molar-refractivity contribution in [3.05, 3.63) is 71.8 Å². The lowest BCUT2D eigenvalue weighted by molar-refractivity contribution is 1.32. The Morgan fingerprint density at radius 2 is 2.10 bits per heavy atom. The fourth-order valence-corrected chi connectivity index (χ4v) is 2.51. The molecule has 0 nitrogen and oxygen atoms in total. The molecule has 0 aliphatic carbocycles. The van der Waals surface area contributed by atoms with Gasteiger partial charge in [-0.25, -0.2) is 0 Å². The highest BCUT2D eigenvalue weighted by Crippen LogP contribution is 2.29. The molecule has 1 rings (SSSR count). The molecule has 0 bridgehead atoms. The molecule has 0 radical (unpaired) electrons. The molecule has 20 heavy (non-hydrogen) atoms. The largest absolute Gasteiger partial charge is 0.135 e. The molecule has 1 aromatic rings. The normalized spacial score (nSPS) is 13.4. The van der Waals surface area contributed by atoms with Gasteiger partial charge in [-0.2, -0.15) is 0 Å². The van der Waals surface area contributed by atoms with Crippen molar-refractivity contribution in [2.45, 2.75) is 18.2 Å². The zero-order chi connectivity index (χ0) is 15.1. The summed E-state index contributed by atoms with van der Waals surface area (Å²) in [5.41, 5.74) is 9.11. The number of rotatable bonds is 5. The maximum absolute atomic E-state index is 5.83. The standard InChI is InChI=1S/C17H19ClS2/c1-13(9-11-15(3)18)8-10-14(2)16-6-5-7-17(12-16)20(4)19/h4-9,11-12,19-20H,2-3,10H2,1H3/b11-9-,13-8-. The van der Waals surface area contributed by atoms with Crippen LogP contribution in [-0.4, -0.2) is 0 Å².